The summed E-state index contributed by atoms with van der Waals surface area (Å²) in [4.78, 5) is 0. The van der Waals surface area contributed by atoms with Crippen molar-refractivity contribution in [3.63, 3.8) is 0 Å². The Bertz CT molecular complexity index is 297. The zero-order valence-electron chi connectivity index (χ0n) is 8.48. The molecule has 0 heterocycles. The van der Waals surface area contributed by atoms with Crippen LogP contribution in [0.5, 0.6) is 0 Å². The summed E-state index contributed by atoms with van der Waals surface area (Å²) in [6.07, 6.45) is 1.66. The molecule has 1 rings (SSSR count). The van der Waals surface area contributed by atoms with Crippen molar-refractivity contribution in [1.82, 2.24) is 0 Å². The minimum atomic E-state index is -0.204. The van der Waals surface area contributed by atoms with E-state index >= 15 is 0 Å². The van der Waals surface area contributed by atoms with Crippen molar-refractivity contribution in [2.45, 2.75) is 32.2 Å². The maximum absolute atomic E-state index is 13.0. The first-order chi connectivity index (χ1) is 6.37. The molecule has 0 unspecified atom stereocenters. The van der Waals surface area contributed by atoms with Crippen LogP contribution in [0, 0.1) is 5.82 Å². The molecule has 0 atom stereocenters. The monoisotopic (exact) mass is 259 g/mol. The van der Waals surface area contributed by atoms with Crippen LogP contribution in [0.25, 0.3) is 0 Å². The van der Waals surface area contributed by atoms with Gasteiger partial charge in [-0.3, -0.25) is 0 Å². The normalized spacial score (nSPS) is 11.8. The van der Waals surface area contributed by atoms with Crippen molar-refractivity contribution in [2.24, 2.45) is 5.73 Å². The zero-order valence-corrected chi connectivity index (χ0v) is 10.1. The molecule has 0 aromatic heterocycles. The third kappa shape index (κ3) is 4.20. The topological polar surface area (TPSA) is 26.0 Å². The number of benzene rings is 1. The van der Waals surface area contributed by atoms with Gasteiger partial charge in [0, 0.05) is 10.0 Å². The Hall–Kier alpha value is -0.410. The first-order valence-electron chi connectivity index (χ1n) is 4.61. The number of halogens is 2. The summed E-state index contributed by atoms with van der Waals surface area (Å²) >= 11 is 3.26. The Morgan fingerprint density at radius 2 is 2.00 bits per heavy atom. The fraction of sp³-hybridized carbons (Fsp3) is 0.455. The minimum Gasteiger partial charge on any atom is -0.326 e. The van der Waals surface area contributed by atoms with Gasteiger partial charge >= 0.3 is 0 Å². The van der Waals surface area contributed by atoms with E-state index in [0.29, 0.717) is 0 Å². The first kappa shape index (κ1) is 11.7. The van der Waals surface area contributed by atoms with E-state index in [1.165, 1.54) is 6.07 Å². The van der Waals surface area contributed by atoms with Gasteiger partial charge in [-0.05, 0) is 50.5 Å². The molecule has 2 N–H and O–H groups in total. The van der Waals surface area contributed by atoms with Crippen LogP contribution < -0.4 is 5.73 Å². The molecule has 0 radical (unpaired) electrons. The quantitative estimate of drug-likeness (QED) is 0.886. The molecule has 3 heteroatoms. The van der Waals surface area contributed by atoms with Crippen LogP contribution in [0.15, 0.2) is 22.7 Å². The number of nitrogens with two attached hydrogens (primary N) is 1. The van der Waals surface area contributed by atoms with Gasteiger partial charge in [-0.25, -0.2) is 4.39 Å². The van der Waals surface area contributed by atoms with Crippen molar-refractivity contribution >= 4 is 15.9 Å². The summed E-state index contributed by atoms with van der Waals surface area (Å²) in [6.45, 7) is 3.95. The van der Waals surface area contributed by atoms with E-state index < -0.39 is 0 Å². The van der Waals surface area contributed by atoms with Gasteiger partial charge in [-0.2, -0.15) is 0 Å². The van der Waals surface area contributed by atoms with Crippen molar-refractivity contribution in [3.8, 4) is 0 Å². The highest BCUT2D eigenvalue weighted by molar-refractivity contribution is 9.10. The second kappa shape index (κ2) is 4.41. The van der Waals surface area contributed by atoms with Crippen molar-refractivity contribution in [2.75, 3.05) is 0 Å². The largest absolute Gasteiger partial charge is 0.326 e. The molecule has 0 saturated carbocycles. The molecule has 0 aliphatic carbocycles. The van der Waals surface area contributed by atoms with E-state index in [1.54, 1.807) is 6.07 Å². The molecule has 0 amide bonds. The smallest absolute Gasteiger partial charge is 0.124 e. The lowest BCUT2D eigenvalue weighted by Crippen LogP contribution is -2.32. The SMILES string of the molecule is CC(C)(N)CCc1cc(F)cc(Br)c1. The number of aryl methyl sites for hydroxylation is 1. The number of rotatable bonds is 3. The second-order valence-electron chi connectivity index (χ2n) is 4.27. The van der Waals surface area contributed by atoms with Gasteiger partial charge in [0.2, 0.25) is 0 Å². The fourth-order valence-corrected chi connectivity index (χ4v) is 1.73. The molecule has 0 bridgehead atoms. The van der Waals surface area contributed by atoms with Gasteiger partial charge < -0.3 is 5.73 Å². The highest BCUT2D eigenvalue weighted by Gasteiger charge is 2.10. The summed E-state index contributed by atoms with van der Waals surface area (Å²) in [5.41, 5.74) is 6.64. The summed E-state index contributed by atoms with van der Waals surface area (Å²) in [7, 11) is 0. The minimum absolute atomic E-state index is 0.196. The summed E-state index contributed by atoms with van der Waals surface area (Å²) in [5.74, 6) is -0.204. The molecule has 78 valence electrons. The molecular weight excluding hydrogens is 245 g/mol. The molecule has 0 saturated heterocycles. The molecule has 0 aliphatic rings. The van der Waals surface area contributed by atoms with Gasteiger partial charge in [0.1, 0.15) is 5.82 Å². The van der Waals surface area contributed by atoms with E-state index in [9.17, 15) is 4.39 Å². The van der Waals surface area contributed by atoms with Crippen LogP contribution in [0.2, 0.25) is 0 Å². The average Bonchev–Trinajstić information content (AvgIpc) is 1.97. The Balaban J connectivity index is 2.68. The molecular formula is C11H15BrFN. The molecule has 1 nitrogen and oxygen atoms in total. The Morgan fingerprint density at radius 1 is 1.36 bits per heavy atom. The number of hydrogen-bond acceptors (Lipinski definition) is 1. The lowest BCUT2D eigenvalue weighted by molar-refractivity contribution is 0.476. The average molecular weight is 260 g/mol. The number of hydrogen-bond donors (Lipinski definition) is 1. The maximum Gasteiger partial charge on any atom is 0.124 e. The second-order valence-corrected chi connectivity index (χ2v) is 5.18. The fourth-order valence-electron chi connectivity index (χ4n) is 1.22. The third-order valence-corrected chi connectivity index (χ3v) is 2.44. The van der Waals surface area contributed by atoms with Gasteiger partial charge in [0.25, 0.3) is 0 Å². The van der Waals surface area contributed by atoms with Crippen LogP contribution in [0.4, 0.5) is 4.39 Å². The molecule has 1 aromatic rings. The van der Waals surface area contributed by atoms with Crippen LogP contribution in [-0.2, 0) is 6.42 Å². The van der Waals surface area contributed by atoms with E-state index in [2.05, 4.69) is 15.9 Å². The molecule has 1 aromatic carbocycles. The lowest BCUT2D eigenvalue weighted by atomic mass is 9.97. The lowest BCUT2D eigenvalue weighted by Gasteiger charge is -2.18. The summed E-state index contributed by atoms with van der Waals surface area (Å²) in [5, 5.41) is 0. The Labute approximate surface area is 92.6 Å². The molecule has 14 heavy (non-hydrogen) atoms. The van der Waals surface area contributed by atoms with E-state index in [4.69, 9.17) is 5.73 Å². The van der Waals surface area contributed by atoms with Gasteiger partial charge in [-0.15, -0.1) is 0 Å². The molecule has 0 spiro atoms. The summed E-state index contributed by atoms with van der Waals surface area (Å²) in [6, 6.07) is 4.93. The van der Waals surface area contributed by atoms with Crippen molar-refractivity contribution < 1.29 is 4.39 Å². The van der Waals surface area contributed by atoms with E-state index in [0.717, 1.165) is 22.9 Å². The first-order valence-corrected chi connectivity index (χ1v) is 5.40. The van der Waals surface area contributed by atoms with E-state index in [1.807, 2.05) is 19.9 Å². The van der Waals surface area contributed by atoms with Crippen LogP contribution in [0.1, 0.15) is 25.8 Å². The van der Waals surface area contributed by atoms with Crippen LogP contribution in [-0.4, -0.2) is 5.54 Å². The Kier molecular flexibility index (Phi) is 3.67. The summed E-state index contributed by atoms with van der Waals surface area (Å²) < 4.78 is 13.8. The predicted molar refractivity (Wildman–Crippen MR) is 60.7 cm³/mol. The van der Waals surface area contributed by atoms with Gasteiger partial charge in [0.15, 0.2) is 0 Å². The molecule has 0 aliphatic heterocycles. The van der Waals surface area contributed by atoms with Crippen LogP contribution in [0.3, 0.4) is 0 Å². The van der Waals surface area contributed by atoms with Gasteiger partial charge in [-0.1, -0.05) is 15.9 Å². The van der Waals surface area contributed by atoms with Gasteiger partial charge in [0.05, 0.1) is 0 Å². The zero-order chi connectivity index (χ0) is 10.8. The van der Waals surface area contributed by atoms with Crippen molar-refractivity contribution in [1.29, 1.82) is 0 Å². The molecule has 0 fully saturated rings. The third-order valence-electron chi connectivity index (χ3n) is 1.98. The van der Waals surface area contributed by atoms with E-state index in [-0.39, 0.29) is 11.4 Å². The maximum atomic E-state index is 13.0. The Morgan fingerprint density at radius 3 is 2.50 bits per heavy atom. The van der Waals surface area contributed by atoms with Crippen LogP contribution >= 0.6 is 15.9 Å². The predicted octanol–water partition coefficient (Wildman–Crippen LogP) is 3.26. The standard InChI is InChI=1S/C11H15BrFN/c1-11(2,14)4-3-8-5-9(12)7-10(13)6-8/h5-7H,3-4,14H2,1-2H3. The van der Waals surface area contributed by atoms with Crippen molar-refractivity contribution in [3.05, 3.63) is 34.1 Å². The highest BCUT2D eigenvalue weighted by atomic mass is 79.9. The highest BCUT2D eigenvalue weighted by Crippen LogP contribution is 2.17.